The first kappa shape index (κ1) is 16.5. The second-order valence-corrected chi connectivity index (χ2v) is 3.94. The van der Waals surface area contributed by atoms with Gasteiger partial charge in [-0.1, -0.05) is 75.9 Å². The molecule has 0 aromatic carbocycles. The van der Waals surface area contributed by atoms with Gasteiger partial charge in [-0.15, -0.1) is 0 Å². The van der Waals surface area contributed by atoms with Crippen molar-refractivity contribution < 1.29 is 0 Å². The molecule has 0 saturated carbocycles. The van der Waals surface area contributed by atoms with Crippen molar-refractivity contribution in [2.75, 3.05) is 0 Å². The van der Waals surface area contributed by atoms with Crippen LogP contribution in [0.4, 0.5) is 0 Å². The van der Waals surface area contributed by atoms with Crippen molar-refractivity contribution in [1.82, 2.24) is 0 Å². The Morgan fingerprint density at radius 1 is 0.632 bits per heavy atom. The molecule has 0 unspecified atom stereocenters. The predicted molar refractivity (Wildman–Crippen MR) is 87.5 cm³/mol. The van der Waals surface area contributed by atoms with Crippen molar-refractivity contribution in [1.29, 1.82) is 0 Å². The molecular weight excluding hydrogens is 230 g/mol. The zero-order valence-corrected chi connectivity index (χ0v) is 11.4. The second kappa shape index (κ2) is 8.54. The molecule has 0 aliphatic carbocycles. The summed E-state index contributed by atoms with van der Waals surface area (Å²) in [6, 6.07) is 0. The van der Waals surface area contributed by atoms with E-state index in [-0.39, 0.29) is 0 Å². The highest BCUT2D eigenvalue weighted by molar-refractivity contribution is 5.49. The Balaban J connectivity index is 4.60. The lowest BCUT2D eigenvalue weighted by Crippen LogP contribution is -1.89. The first-order chi connectivity index (χ1) is 8.88. The molecule has 0 aliphatic rings. The lowest BCUT2D eigenvalue weighted by molar-refractivity contribution is 1.44. The molecule has 0 atom stereocenters. The molecule has 98 valence electrons. The molecule has 0 amide bonds. The minimum Gasteiger partial charge on any atom is -0.399 e. The van der Waals surface area contributed by atoms with Crippen molar-refractivity contribution in [2.24, 2.45) is 5.73 Å². The molecular formula is C18H21N. The van der Waals surface area contributed by atoms with Gasteiger partial charge in [-0.25, -0.2) is 0 Å². The summed E-state index contributed by atoms with van der Waals surface area (Å²) in [6.07, 6.45) is 12.5. The van der Waals surface area contributed by atoms with E-state index in [9.17, 15) is 0 Å². The fraction of sp³-hybridized carbons (Fsp3) is 0. The Morgan fingerprint density at radius 3 is 1.37 bits per heavy atom. The molecule has 1 heteroatoms. The molecule has 0 spiro atoms. The first-order valence-electron chi connectivity index (χ1n) is 5.74. The summed E-state index contributed by atoms with van der Waals surface area (Å²) in [5.41, 5.74) is 9.08. The zero-order chi connectivity index (χ0) is 14.8. The van der Waals surface area contributed by atoms with Crippen LogP contribution in [0.3, 0.4) is 0 Å². The Hall–Kier alpha value is -2.54. The number of hydrogen-bond donors (Lipinski definition) is 1. The maximum Gasteiger partial charge on any atom is 0.0241 e. The van der Waals surface area contributed by atoms with E-state index in [4.69, 9.17) is 5.73 Å². The summed E-state index contributed by atoms with van der Waals surface area (Å²) < 4.78 is 0. The third-order valence-corrected chi connectivity index (χ3v) is 2.24. The highest BCUT2D eigenvalue weighted by Crippen LogP contribution is 2.13. The van der Waals surface area contributed by atoms with Crippen molar-refractivity contribution in [3.8, 4) is 0 Å². The van der Waals surface area contributed by atoms with Crippen LogP contribution in [0.5, 0.6) is 0 Å². The molecule has 0 radical (unpaired) electrons. The van der Waals surface area contributed by atoms with E-state index < -0.39 is 0 Å². The maximum atomic E-state index is 5.44. The van der Waals surface area contributed by atoms with Gasteiger partial charge >= 0.3 is 0 Å². The van der Waals surface area contributed by atoms with E-state index in [2.05, 4.69) is 39.5 Å². The third-order valence-electron chi connectivity index (χ3n) is 2.24. The molecule has 19 heavy (non-hydrogen) atoms. The van der Waals surface area contributed by atoms with Gasteiger partial charge in [-0.2, -0.15) is 0 Å². The van der Waals surface area contributed by atoms with Gasteiger partial charge in [0.15, 0.2) is 0 Å². The Bertz CT molecular complexity index is 508. The molecule has 0 aliphatic heterocycles. The Morgan fingerprint density at radius 2 is 1.00 bits per heavy atom. The van der Waals surface area contributed by atoms with E-state index in [1.165, 1.54) is 0 Å². The Labute approximate surface area is 116 Å². The van der Waals surface area contributed by atoms with Crippen LogP contribution >= 0.6 is 0 Å². The number of nitrogens with two attached hydrogens (primary N) is 1. The first-order valence-corrected chi connectivity index (χ1v) is 5.74. The molecule has 0 aromatic rings. The lowest BCUT2D eigenvalue weighted by atomic mass is 10.0. The second-order valence-electron chi connectivity index (χ2n) is 3.94. The van der Waals surface area contributed by atoms with Gasteiger partial charge in [0, 0.05) is 5.70 Å². The van der Waals surface area contributed by atoms with Gasteiger partial charge in [0.2, 0.25) is 0 Å². The minimum absolute atomic E-state index is 0.477. The average Bonchev–Trinajstić information content (AvgIpc) is 2.38. The summed E-state index contributed by atoms with van der Waals surface area (Å²) in [7, 11) is 0. The molecule has 0 heterocycles. The van der Waals surface area contributed by atoms with Gasteiger partial charge in [0.05, 0.1) is 0 Å². The van der Waals surface area contributed by atoms with E-state index in [1.807, 2.05) is 24.3 Å². The van der Waals surface area contributed by atoms with Gasteiger partial charge in [0.25, 0.3) is 0 Å². The van der Waals surface area contributed by atoms with Gasteiger partial charge in [-0.3, -0.25) is 0 Å². The van der Waals surface area contributed by atoms with E-state index in [1.54, 1.807) is 18.2 Å². The number of rotatable bonds is 8. The van der Waals surface area contributed by atoms with Crippen LogP contribution < -0.4 is 5.73 Å². The standard InChI is InChI=1S/C18H21N/c1-7-8-9-14(2)15(3)10-11-16(4)17(5)12-13-18(6)19/h7-13H,1-6,19H2/b9-8-,11-10-,13-12-. The van der Waals surface area contributed by atoms with Crippen LogP contribution in [-0.4, -0.2) is 0 Å². The summed E-state index contributed by atoms with van der Waals surface area (Å²) >= 11 is 0. The zero-order valence-electron chi connectivity index (χ0n) is 11.4. The average molecular weight is 251 g/mol. The van der Waals surface area contributed by atoms with Gasteiger partial charge < -0.3 is 5.73 Å². The van der Waals surface area contributed by atoms with Gasteiger partial charge in [-0.05, 0) is 28.4 Å². The van der Waals surface area contributed by atoms with Crippen molar-refractivity contribution >= 4 is 0 Å². The highest BCUT2D eigenvalue weighted by Gasteiger charge is 1.94. The third kappa shape index (κ3) is 7.40. The minimum atomic E-state index is 0.477. The molecule has 0 rings (SSSR count). The van der Waals surface area contributed by atoms with E-state index in [0.717, 1.165) is 22.3 Å². The molecule has 0 fully saturated rings. The number of allylic oxidation sites excluding steroid dienone is 11. The quantitative estimate of drug-likeness (QED) is 0.630. The van der Waals surface area contributed by atoms with Gasteiger partial charge in [0.1, 0.15) is 0 Å². The van der Waals surface area contributed by atoms with Crippen LogP contribution in [-0.2, 0) is 0 Å². The fourth-order valence-electron chi connectivity index (χ4n) is 1.02. The Kier molecular flexibility index (Phi) is 7.39. The predicted octanol–water partition coefficient (Wildman–Crippen LogP) is 4.54. The monoisotopic (exact) mass is 251 g/mol. The van der Waals surface area contributed by atoms with Crippen molar-refractivity contribution in [3.05, 3.63) is 110 Å². The maximum absolute atomic E-state index is 5.44. The van der Waals surface area contributed by atoms with Crippen molar-refractivity contribution in [2.45, 2.75) is 0 Å². The summed E-state index contributed by atoms with van der Waals surface area (Å²) in [6.45, 7) is 22.8. The van der Waals surface area contributed by atoms with Crippen molar-refractivity contribution in [3.63, 3.8) is 0 Å². The molecule has 2 N–H and O–H groups in total. The molecule has 1 nitrogen and oxygen atoms in total. The molecule has 0 aromatic heterocycles. The van der Waals surface area contributed by atoms with Crippen LogP contribution in [0.15, 0.2) is 110 Å². The van der Waals surface area contributed by atoms with Crippen LogP contribution in [0.2, 0.25) is 0 Å². The van der Waals surface area contributed by atoms with E-state index in [0.29, 0.717) is 5.70 Å². The largest absolute Gasteiger partial charge is 0.399 e. The number of hydrogen-bond acceptors (Lipinski definition) is 1. The van der Waals surface area contributed by atoms with Crippen LogP contribution in [0, 0.1) is 0 Å². The highest BCUT2D eigenvalue weighted by atomic mass is 14.5. The normalized spacial score (nSPS) is 10.9. The van der Waals surface area contributed by atoms with E-state index >= 15 is 0 Å². The fourth-order valence-corrected chi connectivity index (χ4v) is 1.02. The summed E-state index contributed by atoms with van der Waals surface area (Å²) in [5, 5.41) is 0. The summed E-state index contributed by atoms with van der Waals surface area (Å²) in [4.78, 5) is 0. The lowest BCUT2D eigenvalue weighted by Gasteiger charge is -2.01. The SMILES string of the molecule is C=C/C=C\C(=C)C(=C)/C=C\C(=C)C(=C)/C=C\C(=C)N. The van der Waals surface area contributed by atoms with Crippen LogP contribution in [0.25, 0.3) is 0 Å². The van der Waals surface area contributed by atoms with Crippen LogP contribution in [0.1, 0.15) is 0 Å². The molecule has 0 bridgehead atoms. The smallest absolute Gasteiger partial charge is 0.0241 e. The molecule has 0 saturated heterocycles. The summed E-state index contributed by atoms with van der Waals surface area (Å²) in [5.74, 6) is 0. The topological polar surface area (TPSA) is 26.0 Å².